The molecular formula is C40H48Cl2SiZr. The van der Waals surface area contributed by atoms with E-state index in [1.807, 2.05) is 0 Å². The summed E-state index contributed by atoms with van der Waals surface area (Å²) in [6.45, 7) is 18.9. The minimum atomic E-state index is -3.67. The normalized spacial score (nSPS) is 17.3. The number of aryl methyl sites for hydroxylation is 4. The maximum Gasteiger partial charge on any atom is -0.147 e. The van der Waals surface area contributed by atoms with Gasteiger partial charge < -0.3 is 0 Å². The topological polar surface area (TPSA) is 0 Å². The molecule has 0 bridgehead atoms. The van der Waals surface area contributed by atoms with Gasteiger partial charge in [-0.2, -0.15) is 0 Å². The molecule has 0 heterocycles. The predicted octanol–water partition coefficient (Wildman–Crippen LogP) is 11.7. The third-order valence-electron chi connectivity index (χ3n) is 10.3. The van der Waals surface area contributed by atoms with Crippen LogP contribution in [-0.2, 0) is 17.4 Å². The van der Waals surface area contributed by atoms with Crippen LogP contribution in [-0.4, -0.2) is 6.88 Å². The van der Waals surface area contributed by atoms with E-state index in [4.69, 9.17) is 0 Å². The first-order valence-corrected chi connectivity index (χ1v) is 29.3. The van der Waals surface area contributed by atoms with Gasteiger partial charge in [0.2, 0.25) is 0 Å². The number of allylic oxidation sites excluding steroid dienone is 2. The minimum Gasteiger partial charge on any atom is -0.147 e. The van der Waals surface area contributed by atoms with E-state index < -0.39 is 17.4 Å². The zero-order valence-electron chi connectivity index (χ0n) is 27.8. The Morgan fingerprint density at radius 3 is 1.91 bits per heavy atom. The van der Waals surface area contributed by atoms with Crippen molar-refractivity contribution in [2.45, 2.75) is 65.0 Å². The summed E-state index contributed by atoms with van der Waals surface area (Å²) in [5.74, 6) is 0.509. The van der Waals surface area contributed by atoms with Crippen molar-refractivity contribution in [1.29, 1.82) is 0 Å². The van der Waals surface area contributed by atoms with Crippen LogP contribution in [0.2, 0.25) is 9.26 Å². The molecule has 4 heteroatoms. The Balaban J connectivity index is 0.00000221. The van der Waals surface area contributed by atoms with Crippen LogP contribution in [0.1, 0.15) is 72.5 Å². The Labute approximate surface area is 280 Å². The van der Waals surface area contributed by atoms with E-state index in [1.54, 1.807) is 22.3 Å². The maximum absolute atomic E-state index is 3.67. The van der Waals surface area contributed by atoms with Crippen molar-refractivity contribution in [1.82, 2.24) is 0 Å². The van der Waals surface area contributed by atoms with E-state index in [0.29, 0.717) is 13.2 Å². The molecule has 0 aromatic heterocycles. The van der Waals surface area contributed by atoms with Crippen LogP contribution in [0.5, 0.6) is 0 Å². The summed E-state index contributed by atoms with van der Waals surface area (Å²) < 4.78 is 6.59. The minimum absolute atomic E-state index is 0. The molecule has 230 valence electrons. The monoisotopic (exact) mass is 716 g/mol. The van der Waals surface area contributed by atoms with Gasteiger partial charge in [-0.1, -0.05) is 0 Å². The summed E-state index contributed by atoms with van der Waals surface area (Å²) in [6, 6.07) is 27.6. The quantitative estimate of drug-likeness (QED) is 0.180. The van der Waals surface area contributed by atoms with E-state index in [2.05, 4.69) is 150 Å². The molecule has 0 nitrogen and oxygen atoms in total. The number of rotatable bonds is 5. The number of fused-ring (bicyclic) bond motifs is 2. The van der Waals surface area contributed by atoms with Crippen molar-refractivity contribution in [3.63, 3.8) is 0 Å². The van der Waals surface area contributed by atoms with E-state index in [-0.39, 0.29) is 24.8 Å². The molecule has 0 spiro atoms. The largest absolute Gasteiger partial charge is 0.147 e. The molecule has 44 heavy (non-hydrogen) atoms. The zero-order valence-corrected chi connectivity index (χ0v) is 33.3. The van der Waals surface area contributed by atoms with Crippen molar-refractivity contribution >= 4 is 43.8 Å². The van der Waals surface area contributed by atoms with Crippen LogP contribution in [0.15, 0.2) is 83.9 Å². The molecule has 0 saturated heterocycles. The number of halogens is 2. The van der Waals surface area contributed by atoms with Gasteiger partial charge in [0.25, 0.3) is 0 Å². The van der Waals surface area contributed by atoms with Crippen molar-refractivity contribution in [3.05, 3.63) is 128 Å². The van der Waals surface area contributed by atoms with Gasteiger partial charge in [0.1, 0.15) is 0 Å². The van der Waals surface area contributed by atoms with Gasteiger partial charge in [-0.25, -0.2) is 0 Å². The van der Waals surface area contributed by atoms with Gasteiger partial charge in [0.05, 0.1) is 0 Å². The Morgan fingerprint density at radius 1 is 0.659 bits per heavy atom. The van der Waals surface area contributed by atoms with E-state index in [1.165, 1.54) is 55.6 Å². The molecule has 2 unspecified atom stereocenters. The average Bonchev–Trinajstić information content (AvgIpc) is 3.49. The fourth-order valence-corrected chi connectivity index (χ4v) is 29.5. The van der Waals surface area contributed by atoms with Gasteiger partial charge in [0, 0.05) is 0 Å². The van der Waals surface area contributed by atoms with E-state index >= 15 is 0 Å². The molecule has 0 amide bonds. The summed E-state index contributed by atoms with van der Waals surface area (Å²) in [5, 5.41) is 0. The molecule has 0 aliphatic heterocycles. The zero-order chi connectivity index (χ0) is 30.2. The Kier molecular flexibility index (Phi) is 9.78. The van der Waals surface area contributed by atoms with Crippen LogP contribution < -0.4 is 0 Å². The van der Waals surface area contributed by atoms with Crippen molar-refractivity contribution in [2.24, 2.45) is 5.92 Å². The molecule has 0 saturated carbocycles. The summed E-state index contributed by atoms with van der Waals surface area (Å²) in [4.78, 5) is 0. The number of hydrogen-bond donors (Lipinski definition) is 0. The molecule has 4 aromatic rings. The first-order valence-electron chi connectivity index (χ1n) is 15.7. The predicted molar refractivity (Wildman–Crippen MR) is 199 cm³/mol. The molecule has 0 fully saturated rings. The number of benzene rings is 4. The smallest absolute Gasteiger partial charge is 0.147 e. The van der Waals surface area contributed by atoms with Crippen molar-refractivity contribution in [3.8, 4) is 22.3 Å². The summed E-state index contributed by atoms with van der Waals surface area (Å²) in [6.07, 6.45) is 5.17. The van der Waals surface area contributed by atoms with Gasteiger partial charge in [-0.15, -0.1) is 24.8 Å². The van der Waals surface area contributed by atoms with Gasteiger partial charge in [-0.3, -0.25) is 0 Å². The van der Waals surface area contributed by atoms with Crippen molar-refractivity contribution < 1.29 is 17.4 Å². The average molecular weight is 719 g/mol. The first-order chi connectivity index (χ1) is 19.8. The Morgan fingerprint density at radius 2 is 1.30 bits per heavy atom. The second-order valence-corrected chi connectivity index (χ2v) is 45.2. The van der Waals surface area contributed by atoms with Gasteiger partial charge in [0.15, 0.2) is 0 Å². The SMILES string of the molecule is CC1=Cc2c(-c3ccccc3)ccc(C)c2[CH]1[Zr]([CH3])([CH3])(=[SiH2])[CH]1C(C(C)C)=Cc2c(-c3c(C)cc(C)cc3C)cccc21.Cl.Cl. The number of hydrogen-bond acceptors (Lipinski definition) is 0. The summed E-state index contributed by atoms with van der Waals surface area (Å²) >= 11 is -3.67. The summed E-state index contributed by atoms with van der Waals surface area (Å²) in [7, 11) is 0. The molecule has 0 N–H and O–H groups in total. The van der Waals surface area contributed by atoms with Crippen LogP contribution in [0.4, 0.5) is 0 Å². The maximum atomic E-state index is 2.77. The molecule has 2 aliphatic carbocycles. The second kappa shape index (κ2) is 12.3. The molecule has 6 rings (SSSR count). The Bertz CT molecular complexity index is 1870. The van der Waals surface area contributed by atoms with E-state index in [9.17, 15) is 0 Å². The first kappa shape index (κ1) is 34.9. The molecular weight excluding hydrogens is 671 g/mol. The standard InChI is InChI=1S/C21H23.C17H15.2CH3.2ClH.H2Si.Zr/c1-13(2)18-11-17-7-6-8-19(20(17)12-18)21-15(4)9-14(3)10-16(21)5;1-12-10-16-13(2)8-9-15(17(16)11-12)14-6-4-3-5-7-14;;;;;;/h6-13H,1-5H3;3-11H,1-2H3;2*1H3;2*1H;1H2;. The van der Waals surface area contributed by atoms with Crippen LogP contribution >= 0.6 is 24.8 Å². The molecule has 0 radical (unpaired) electrons. The van der Waals surface area contributed by atoms with Crippen LogP contribution in [0.3, 0.4) is 0 Å². The Hall–Kier alpha value is -1.96. The van der Waals surface area contributed by atoms with Crippen LogP contribution in [0.25, 0.3) is 34.4 Å². The van der Waals surface area contributed by atoms with Gasteiger partial charge in [-0.05, 0) is 0 Å². The second-order valence-electron chi connectivity index (χ2n) is 14.7. The van der Waals surface area contributed by atoms with Crippen molar-refractivity contribution in [2.75, 3.05) is 0 Å². The molecule has 2 aliphatic rings. The van der Waals surface area contributed by atoms with Gasteiger partial charge >= 0.3 is 258 Å². The molecule has 4 aromatic carbocycles. The third-order valence-corrected chi connectivity index (χ3v) is 27.9. The fourth-order valence-electron chi connectivity index (χ4n) is 8.89. The van der Waals surface area contributed by atoms with Crippen LogP contribution in [0, 0.1) is 33.6 Å². The summed E-state index contributed by atoms with van der Waals surface area (Å²) in [5.41, 5.74) is 20.5. The van der Waals surface area contributed by atoms with E-state index in [0.717, 1.165) is 0 Å². The fraction of sp³-hybridized carbons (Fsp3) is 0.300. The third kappa shape index (κ3) is 5.53. The molecule has 2 atom stereocenters.